The van der Waals surface area contributed by atoms with E-state index in [-0.39, 0.29) is 11.9 Å². The zero-order valence-corrected chi connectivity index (χ0v) is 4.81. The lowest BCUT2D eigenvalue weighted by Gasteiger charge is -1.97. The summed E-state index contributed by atoms with van der Waals surface area (Å²) in [5.41, 5.74) is 3.32. The molecular weight excluding hydrogens is 104 g/mol. The van der Waals surface area contributed by atoms with Crippen LogP contribution in [0.2, 0.25) is 0 Å². The standard InChI is InChI=1S/C5H10N2O/c6-5(8)4-2-1-3-7-4/h4,7H,1-3H2,(H2,6,8)/p+1/t4-/m0/s1. The number of carbonyl (C=O) groups is 1. The molecule has 3 heteroatoms. The average Bonchev–Trinajstić information content (AvgIpc) is 2.12. The molecule has 1 saturated heterocycles. The Morgan fingerprint density at radius 1 is 1.75 bits per heavy atom. The highest BCUT2D eigenvalue weighted by Crippen LogP contribution is 2.01. The molecule has 0 radical (unpaired) electrons. The van der Waals surface area contributed by atoms with Crippen LogP contribution in [-0.4, -0.2) is 18.5 Å². The van der Waals surface area contributed by atoms with Crippen molar-refractivity contribution in [1.29, 1.82) is 0 Å². The number of carbonyl (C=O) groups excluding carboxylic acids is 1. The first-order valence-electron chi connectivity index (χ1n) is 2.90. The summed E-state index contributed by atoms with van der Waals surface area (Å²) < 4.78 is 0. The first kappa shape index (κ1) is 5.72. The van der Waals surface area contributed by atoms with Crippen LogP contribution in [-0.2, 0) is 4.79 Å². The third-order valence-electron chi connectivity index (χ3n) is 1.45. The van der Waals surface area contributed by atoms with Gasteiger partial charge in [0.2, 0.25) is 0 Å². The molecule has 1 rings (SSSR count). The van der Waals surface area contributed by atoms with E-state index in [9.17, 15) is 4.79 Å². The van der Waals surface area contributed by atoms with Gasteiger partial charge in [-0.15, -0.1) is 0 Å². The van der Waals surface area contributed by atoms with Gasteiger partial charge in [-0.05, 0) is 19.4 Å². The van der Waals surface area contributed by atoms with Gasteiger partial charge in [-0.3, -0.25) is 5.73 Å². The van der Waals surface area contributed by atoms with Gasteiger partial charge in [0, 0.05) is 0 Å². The molecule has 3 nitrogen and oxygen atoms in total. The number of rotatable bonds is 1. The predicted molar refractivity (Wildman–Crippen MR) is 28.9 cm³/mol. The summed E-state index contributed by atoms with van der Waals surface area (Å²) in [6, 6.07) is 0.0648. The van der Waals surface area contributed by atoms with E-state index < -0.39 is 0 Å². The Morgan fingerprint density at radius 3 is 2.75 bits per heavy atom. The largest absolute Gasteiger partial charge is 0.325 e. The Hall–Kier alpha value is -0.410. The summed E-state index contributed by atoms with van der Waals surface area (Å²) in [6.07, 6.45) is 2.09. The highest BCUT2D eigenvalue weighted by atomic mass is 16.1. The van der Waals surface area contributed by atoms with Crippen LogP contribution in [0.1, 0.15) is 12.8 Å². The molecule has 0 bridgehead atoms. The Kier molecular flexibility index (Phi) is 1.60. The zero-order valence-electron chi connectivity index (χ0n) is 4.81. The summed E-state index contributed by atoms with van der Waals surface area (Å²) in [5.74, 6) is 0.0301. The molecular formula is C5H11N2O+. The lowest BCUT2D eigenvalue weighted by molar-refractivity contribution is -0.308. The normalized spacial score (nSPS) is 28.4. The van der Waals surface area contributed by atoms with E-state index in [1.54, 1.807) is 0 Å². The summed E-state index contributed by atoms with van der Waals surface area (Å²) >= 11 is 0. The van der Waals surface area contributed by atoms with Gasteiger partial charge in [0.15, 0.2) is 0 Å². The molecule has 46 valence electrons. The van der Waals surface area contributed by atoms with Gasteiger partial charge < -0.3 is 5.32 Å². The zero-order chi connectivity index (χ0) is 5.98. The maximum Gasteiger partial charge on any atom is 0.325 e. The molecule has 0 aromatic heterocycles. The number of amides is 1. The molecule has 1 aliphatic rings. The molecule has 0 spiro atoms. The summed E-state index contributed by atoms with van der Waals surface area (Å²) in [5, 5.41) is 3.04. The van der Waals surface area contributed by atoms with E-state index in [2.05, 4.69) is 11.1 Å². The van der Waals surface area contributed by atoms with E-state index in [4.69, 9.17) is 0 Å². The van der Waals surface area contributed by atoms with E-state index in [1.165, 1.54) is 0 Å². The van der Waals surface area contributed by atoms with Gasteiger partial charge in [0.25, 0.3) is 0 Å². The van der Waals surface area contributed by atoms with Gasteiger partial charge in [-0.2, -0.15) is 0 Å². The van der Waals surface area contributed by atoms with Gasteiger partial charge in [-0.25, -0.2) is 4.79 Å². The quantitative estimate of drug-likeness (QED) is 0.437. The van der Waals surface area contributed by atoms with Crippen LogP contribution in [0.25, 0.3) is 0 Å². The predicted octanol–water partition coefficient (Wildman–Crippen LogP) is -1.49. The topological polar surface area (TPSA) is 56.7 Å². The molecule has 1 amide bonds. The lowest BCUT2D eigenvalue weighted by Crippen LogP contribution is -2.64. The molecule has 0 aromatic rings. The minimum atomic E-state index is 0.0301. The Morgan fingerprint density at radius 2 is 2.50 bits per heavy atom. The van der Waals surface area contributed by atoms with Crippen LogP contribution >= 0.6 is 0 Å². The van der Waals surface area contributed by atoms with Gasteiger partial charge in [0.1, 0.15) is 6.04 Å². The molecule has 1 atom stereocenters. The van der Waals surface area contributed by atoms with Crippen molar-refractivity contribution >= 4 is 5.91 Å². The minimum Gasteiger partial charge on any atom is -0.302 e. The Bertz CT molecular complexity index is 96.6. The van der Waals surface area contributed by atoms with E-state index in [0.29, 0.717) is 0 Å². The fourth-order valence-corrected chi connectivity index (χ4v) is 0.959. The summed E-state index contributed by atoms with van der Waals surface area (Å²) in [4.78, 5) is 10.5. The summed E-state index contributed by atoms with van der Waals surface area (Å²) in [6.45, 7) is 0.978. The second-order valence-corrected chi connectivity index (χ2v) is 2.12. The highest BCUT2D eigenvalue weighted by Gasteiger charge is 2.21. The van der Waals surface area contributed by atoms with Gasteiger partial charge in [-0.1, -0.05) is 0 Å². The van der Waals surface area contributed by atoms with Crippen LogP contribution in [0.15, 0.2) is 0 Å². The molecule has 1 aliphatic heterocycles. The second-order valence-electron chi connectivity index (χ2n) is 2.12. The van der Waals surface area contributed by atoms with Crippen molar-refractivity contribution in [3.05, 3.63) is 0 Å². The fraction of sp³-hybridized carbons (Fsp3) is 0.800. The van der Waals surface area contributed by atoms with Crippen molar-refractivity contribution < 1.29 is 10.5 Å². The molecule has 0 aromatic carbocycles. The molecule has 4 N–H and O–H groups in total. The monoisotopic (exact) mass is 115 g/mol. The van der Waals surface area contributed by atoms with Gasteiger partial charge >= 0.3 is 5.91 Å². The van der Waals surface area contributed by atoms with Crippen molar-refractivity contribution in [2.75, 3.05) is 6.54 Å². The molecule has 8 heavy (non-hydrogen) atoms. The van der Waals surface area contributed by atoms with Crippen LogP contribution in [0.5, 0.6) is 0 Å². The van der Waals surface area contributed by atoms with Crippen molar-refractivity contribution in [2.24, 2.45) is 0 Å². The summed E-state index contributed by atoms with van der Waals surface area (Å²) in [7, 11) is 0. The van der Waals surface area contributed by atoms with Crippen molar-refractivity contribution in [3.8, 4) is 0 Å². The first-order valence-corrected chi connectivity index (χ1v) is 2.90. The van der Waals surface area contributed by atoms with Crippen LogP contribution < -0.4 is 11.1 Å². The smallest absolute Gasteiger partial charge is 0.302 e. The number of quaternary nitrogens is 1. The SMILES string of the molecule is [NH3+]C(=O)[C@@H]1CCCN1. The van der Waals surface area contributed by atoms with E-state index in [1.807, 2.05) is 0 Å². The fourth-order valence-electron chi connectivity index (χ4n) is 0.959. The van der Waals surface area contributed by atoms with Crippen molar-refractivity contribution in [1.82, 2.24) is 5.32 Å². The molecule has 1 heterocycles. The minimum absolute atomic E-state index is 0.0301. The third kappa shape index (κ3) is 1.05. The maximum absolute atomic E-state index is 10.5. The highest BCUT2D eigenvalue weighted by molar-refractivity contribution is 5.71. The third-order valence-corrected chi connectivity index (χ3v) is 1.45. The maximum atomic E-state index is 10.5. The van der Waals surface area contributed by atoms with Gasteiger partial charge in [0.05, 0.1) is 0 Å². The average molecular weight is 115 g/mol. The second kappa shape index (κ2) is 2.24. The van der Waals surface area contributed by atoms with Crippen LogP contribution in [0, 0.1) is 0 Å². The Balaban J connectivity index is 2.35. The Labute approximate surface area is 48.2 Å². The van der Waals surface area contributed by atoms with Crippen molar-refractivity contribution in [2.45, 2.75) is 18.9 Å². The number of hydrogen-bond acceptors (Lipinski definition) is 2. The first-order chi connectivity index (χ1) is 3.80. The molecule has 1 fully saturated rings. The molecule has 0 saturated carbocycles. The molecule has 0 unspecified atom stereocenters. The number of nitrogens with one attached hydrogen (secondary N) is 1. The van der Waals surface area contributed by atoms with E-state index >= 15 is 0 Å². The lowest BCUT2D eigenvalue weighted by atomic mass is 10.2. The number of hydrogen-bond donors (Lipinski definition) is 2. The van der Waals surface area contributed by atoms with E-state index in [0.717, 1.165) is 19.4 Å². The van der Waals surface area contributed by atoms with Crippen molar-refractivity contribution in [3.63, 3.8) is 0 Å². The molecule has 0 aliphatic carbocycles. The van der Waals surface area contributed by atoms with Crippen LogP contribution in [0.4, 0.5) is 0 Å². The van der Waals surface area contributed by atoms with Crippen LogP contribution in [0.3, 0.4) is 0 Å².